The lowest BCUT2D eigenvalue weighted by atomic mass is 10.4. The Labute approximate surface area is 235 Å². The standard InChI is InChI=1S/C34H30P2S2/c1-35(27-15-7-3-8-16-27,28-17-9-4-10-18-28)33-25-23-31(37-33)32-24-26-34(38-32)36(2,29-19-11-5-12-20-29)30-21-13-6-14-22-30/h3-26H,1-2H3/q+2. The van der Waals surface area contributed by atoms with Crippen molar-refractivity contribution in [3.63, 3.8) is 0 Å². The van der Waals surface area contributed by atoms with Crippen LogP contribution in [0.5, 0.6) is 0 Å². The highest BCUT2D eigenvalue weighted by atomic mass is 32.1. The van der Waals surface area contributed by atoms with E-state index in [0.717, 1.165) is 0 Å². The Morgan fingerprint density at radius 1 is 0.342 bits per heavy atom. The second-order valence-electron chi connectivity index (χ2n) is 9.63. The molecule has 4 heteroatoms. The van der Waals surface area contributed by atoms with E-state index in [0.29, 0.717) is 0 Å². The third-order valence-corrected chi connectivity index (χ3v) is 19.5. The minimum absolute atomic E-state index is 1.36. The fourth-order valence-electron chi connectivity index (χ4n) is 5.11. The third-order valence-electron chi connectivity index (χ3n) is 7.40. The molecule has 0 aliphatic carbocycles. The summed E-state index contributed by atoms with van der Waals surface area (Å²) in [5, 5.41) is 5.72. The molecular formula is C34H30P2S2+2. The predicted octanol–water partition coefficient (Wildman–Crippen LogP) is 7.32. The molecule has 186 valence electrons. The number of benzene rings is 4. The maximum Gasteiger partial charge on any atom is 0.157 e. The molecular weight excluding hydrogens is 534 g/mol. The molecule has 0 saturated carbocycles. The molecule has 6 aromatic rings. The summed E-state index contributed by atoms with van der Waals surface area (Å²) in [5.41, 5.74) is 0. The van der Waals surface area contributed by atoms with Crippen LogP contribution in [-0.2, 0) is 0 Å². The van der Waals surface area contributed by atoms with Gasteiger partial charge in [0.25, 0.3) is 0 Å². The molecule has 0 spiro atoms. The molecule has 0 atom stereocenters. The maximum absolute atomic E-state index is 2.47. The van der Waals surface area contributed by atoms with Gasteiger partial charge in [-0.15, -0.1) is 0 Å². The first-order valence-electron chi connectivity index (χ1n) is 12.8. The summed E-state index contributed by atoms with van der Waals surface area (Å²) in [6, 6.07) is 53.8. The summed E-state index contributed by atoms with van der Waals surface area (Å²) >= 11 is 3.94. The summed E-state index contributed by atoms with van der Waals surface area (Å²) < 4.78 is 2.95. The van der Waals surface area contributed by atoms with E-state index < -0.39 is 14.5 Å². The number of hydrogen-bond acceptors (Lipinski definition) is 2. The van der Waals surface area contributed by atoms with Crippen molar-refractivity contribution in [2.24, 2.45) is 0 Å². The lowest BCUT2D eigenvalue weighted by Crippen LogP contribution is -2.28. The van der Waals surface area contributed by atoms with E-state index in [1.165, 1.54) is 40.2 Å². The lowest BCUT2D eigenvalue weighted by Gasteiger charge is -2.21. The van der Waals surface area contributed by atoms with Crippen LogP contribution in [0.25, 0.3) is 9.75 Å². The van der Waals surface area contributed by atoms with Crippen LogP contribution in [0.2, 0.25) is 0 Å². The number of thiophene rings is 2. The highest BCUT2D eigenvalue weighted by Gasteiger charge is 2.43. The van der Waals surface area contributed by atoms with Gasteiger partial charge in [0.2, 0.25) is 0 Å². The van der Waals surface area contributed by atoms with Gasteiger partial charge in [-0.1, -0.05) is 95.5 Å². The van der Waals surface area contributed by atoms with E-state index >= 15 is 0 Å². The van der Waals surface area contributed by atoms with Crippen LogP contribution in [-0.4, -0.2) is 13.3 Å². The van der Waals surface area contributed by atoms with Crippen molar-refractivity contribution >= 4 is 67.7 Å². The second-order valence-corrected chi connectivity index (χ2v) is 19.5. The van der Waals surface area contributed by atoms with Gasteiger partial charge in [0, 0.05) is 9.75 Å². The van der Waals surface area contributed by atoms with E-state index in [4.69, 9.17) is 0 Å². The Bertz CT molecular complexity index is 1420. The number of rotatable bonds is 7. The van der Waals surface area contributed by atoms with Gasteiger partial charge < -0.3 is 0 Å². The molecule has 2 aromatic heterocycles. The Kier molecular flexibility index (Phi) is 7.17. The largest absolute Gasteiger partial charge is 0.157 e. The van der Waals surface area contributed by atoms with Crippen LogP contribution in [0, 0.1) is 0 Å². The summed E-state index contributed by atoms with van der Waals surface area (Å²) in [6.07, 6.45) is 0. The van der Waals surface area contributed by atoms with E-state index in [1.807, 2.05) is 22.7 Å². The Morgan fingerprint density at radius 2 is 0.605 bits per heavy atom. The van der Waals surface area contributed by atoms with Crippen molar-refractivity contribution in [2.45, 2.75) is 0 Å². The van der Waals surface area contributed by atoms with Crippen LogP contribution in [0.1, 0.15) is 0 Å². The Morgan fingerprint density at radius 3 is 0.868 bits per heavy atom. The molecule has 0 bridgehead atoms. The van der Waals surface area contributed by atoms with Crippen molar-refractivity contribution in [3.05, 3.63) is 146 Å². The van der Waals surface area contributed by atoms with Crippen molar-refractivity contribution in [2.75, 3.05) is 13.3 Å². The van der Waals surface area contributed by atoms with E-state index in [9.17, 15) is 0 Å². The molecule has 0 nitrogen and oxygen atoms in total. The van der Waals surface area contributed by atoms with Crippen molar-refractivity contribution < 1.29 is 0 Å². The lowest BCUT2D eigenvalue weighted by molar-refractivity contribution is 1.74. The van der Waals surface area contributed by atoms with Gasteiger partial charge in [0.05, 0.1) is 13.3 Å². The van der Waals surface area contributed by atoms with Crippen LogP contribution >= 0.6 is 37.2 Å². The van der Waals surface area contributed by atoms with Crippen LogP contribution in [0.15, 0.2) is 146 Å². The predicted molar refractivity (Wildman–Crippen MR) is 177 cm³/mol. The first-order valence-corrected chi connectivity index (χ1v) is 18.9. The summed E-state index contributed by atoms with van der Waals surface area (Å²) in [6.45, 7) is 4.95. The van der Waals surface area contributed by atoms with E-state index in [2.05, 4.69) is 159 Å². The molecule has 38 heavy (non-hydrogen) atoms. The van der Waals surface area contributed by atoms with Gasteiger partial charge in [0.15, 0.2) is 9.24 Å². The summed E-state index contributed by atoms with van der Waals surface area (Å²) in [4.78, 5) is 2.73. The van der Waals surface area contributed by atoms with E-state index in [1.54, 1.807) is 0 Å². The molecule has 0 fully saturated rings. The average molecular weight is 565 g/mol. The van der Waals surface area contributed by atoms with Gasteiger partial charge in [-0.2, -0.15) is 0 Å². The van der Waals surface area contributed by atoms with Crippen LogP contribution in [0.4, 0.5) is 0 Å². The van der Waals surface area contributed by atoms with Gasteiger partial charge >= 0.3 is 0 Å². The maximum atomic E-state index is 2.47. The monoisotopic (exact) mass is 564 g/mol. The Balaban J connectivity index is 1.43. The molecule has 0 N–H and O–H groups in total. The highest BCUT2D eigenvalue weighted by Crippen LogP contribution is 2.56. The van der Waals surface area contributed by atoms with Gasteiger partial charge in [-0.05, 0) is 72.8 Å². The third kappa shape index (κ3) is 4.51. The van der Waals surface area contributed by atoms with Crippen molar-refractivity contribution in [3.8, 4) is 9.75 Å². The molecule has 0 amide bonds. The van der Waals surface area contributed by atoms with E-state index in [-0.39, 0.29) is 0 Å². The van der Waals surface area contributed by atoms with Crippen molar-refractivity contribution in [1.82, 2.24) is 0 Å². The molecule has 4 aromatic carbocycles. The molecule has 6 rings (SSSR count). The van der Waals surface area contributed by atoms with Crippen LogP contribution in [0.3, 0.4) is 0 Å². The van der Waals surface area contributed by atoms with Crippen molar-refractivity contribution in [1.29, 1.82) is 0 Å². The fourth-order valence-corrected chi connectivity index (χ4v) is 15.4. The SMILES string of the molecule is C[P+](c1ccccc1)(c1ccccc1)c1ccc(-c2ccc([P+](C)(c3ccccc3)c3ccccc3)s2)s1. The smallest absolute Gasteiger partial charge is 0.0973 e. The summed E-state index contributed by atoms with van der Waals surface area (Å²) in [5.74, 6) is 0. The molecule has 0 aliphatic heterocycles. The topological polar surface area (TPSA) is 0 Å². The quantitative estimate of drug-likeness (QED) is 0.178. The van der Waals surface area contributed by atoms with Gasteiger partial charge in [0.1, 0.15) is 35.7 Å². The van der Waals surface area contributed by atoms with Gasteiger partial charge in [-0.3, -0.25) is 0 Å². The average Bonchev–Trinajstić information content (AvgIpc) is 3.69. The first kappa shape index (κ1) is 25.4. The minimum Gasteiger partial charge on any atom is -0.0973 e. The Hall–Kier alpha value is -2.86. The normalized spacial score (nSPS) is 11.9. The number of hydrogen-bond donors (Lipinski definition) is 0. The zero-order valence-electron chi connectivity index (χ0n) is 21.6. The first-order chi connectivity index (χ1) is 18.6. The zero-order valence-corrected chi connectivity index (χ0v) is 25.0. The highest BCUT2D eigenvalue weighted by molar-refractivity contribution is 7.99. The molecule has 0 saturated heterocycles. The molecule has 0 radical (unpaired) electrons. The molecule has 2 heterocycles. The summed E-state index contributed by atoms with van der Waals surface area (Å²) in [7, 11) is -3.43. The minimum atomic E-state index is -1.72. The molecule has 0 unspecified atom stereocenters. The second kappa shape index (κ2) is 10.7. The zero-order chi connectivity index (χ0) is 26.0. The fraction of sp³-hybridized carbons (Fsp3) is 0.0588. The van der Waals surface area contributed by atoms with Crippen LogP contribution < -0.4 is 30.5 Å². The van der Waals surface area contributed by atoms with Gasteiger partial charge in [-0.25, -0.2) is 0 Å². The molecule has 0 aliphatic rings.